The van der Waals surface area contributed by atoms with E-state index in [2.05, 4.69) is 36.3 Å². The van der Waals surface area contributed by atoms with Crippen LogP contribution in [0.5, 0.6) is 0 Å². The van der Waals surface area contributed by atoms with Crippen molar-refractivity contribution in [2.75, 3.05) is 5.32 Å². The van der Waals surface area contributed by atoms with Gasteiger partial charge in [0.1, 0.15) is 4.60 Å². The van der Waals surface area contributed by atoms with E-state index in [9.17, 15) is 0 Å². The maximum Gasteiger partial charge on any atom is 0.154 e. The molecule has 2 aromatic heterocycles. The Balaban J connectivity index is 2.25. The Bertz CT molecular complexity index is 553. The predicted molar refractivity (Wildman–Crippen MR) is 69.9 cm³/mol. The summed E-state index contributed by atoms with van der Waals surface area (Å²) in [5, 5.41) is 14.3. The number of hydrogen-bond acceptors (Lipinski definition) is 4. The van der Waals surface area contributed by atoms with Gasteiger partial charge >= 0.3 is 0 Å². The molecule has 0 spiro atoms. The molecule has 0 saturated heterocycles. The van der Waals surface area contributed by atoms with Crippen LogP contribution in [0.2, 0.25) is 0 Å². The molecular formula is C10H11BrN6. The van der Waals surface area contributed by atoms with Gasteiger partial charge in [-0.15, -0.1) is 0 Å². The lowest BCUT2D eigenvalue weighted by atomic mass is 10.3. The lowest BCUT2D eigenvalue weighted by molar-refractivity contribution is 0.768. The van der Waals surface area contributed by atoms with Gasteiger partial charge in [-0.25, -0.2) is 4.98 Å². The third-order valence-corrected chi connectivity index (χ3v) is 2.44. The lowest BCUT2D eigenvalue weighted by Crippen LogP contribution is -2.00. The van der Waals surface area contributed by atoms with Gasteiger partial charge in [-0.2, -0.15) is 5.10 Å². The monoisotopic (exact) mass is 294 g/mol. The van der Waals surface area contributed by atoms with Gasteiger partial charge < -0.3 is 15.7 Å². The van der Waals surface area contributed by atoms with Gasteiger partial charge in [0.2, 0.25) is 0 Å². The molecule has 0 bridgehead atoms. The first-order chi connectivity index (χ1) is 8.19. The van der Waals surface area contributed by atoms with Crippen molar-refractivity contribution in [2.24, 2.45) is 7.05 Å². The van der Waals surface area contributed by atoms with Gasteiger partial charge in [0.15, 0.2) is 5.82 Å². The number of rotatable bonds is 4. The number of halogens is 1. The molecule has 6 nitrogen and oxygen atoms in total. The molecule has 0 fully saturated rings. The molecule has 0 amide bonds. The van der Waals surface area contributed by atoms with Crippen LogP contribution in [0.4, 0.5) is 5.69 Å². The summed E-state index contributed by atoms with van der Waals surface area (Å²) in [6.45, 7) is 0. The number of allylic oxidation sites excluding steroid dienone is 1. The van der Waals surface area contributed by atoms with E-state index < -0.39 is 0 Å². The van der Waals surface area contributed by atoms with E-state index in [4.69, 9.17) is 5.41 Å². The van der Waals surface area contributed by atoms with E-state index >= 15 is 0 Å². The molecule has 0 saturated carbocycles. The third-order valence-electron chi connectivity index (χ3n) is 2.03. The summed E-state index contributed by atoms with van der Waals surface area (Å²) >= 11 is 3.29. The summed E-state index contributed by atoms with van der Waals surface area (Å²) < 4.78 is 2.49. The predicted octanol–water partition coefficient (Wildman–Crippen LogP) is 2.01. The van der Waals surface area contributed by atoms with Crippen LogP contribution in [0.25, 0.3) is 5.70 Å². The minimum absolute atomic E-state index is 0.657. The van der Waals surface area contributed by atoms with Gasteiger partial charge in [-0.05, 0) is 22.0 Å². The number of hydrogen-bond donors (Lipinski definition) is 3. The fourth-order valence-corrected chi connectivity index (χ4v) is 1.63. The van der Waals surface area contributed by atoms with Gasteiger partial charge in [-0.3, -0.25) is 4.68 Å². The fourth-order valence-electron chi connectivity index (χ4n) is 1.34. The van der Waals surface area contributed by atoms with Gasteiger partial charge in [0.05, 0.1) is 23.8 Å². The van der Waals surface area contributed by atoms with Crippen LogP contribution in [0.1, 0.15) is 5.82 Å². The van der Waals surface area contributed by atoms with Crippen LogP contribution < -0.4 is 5.32 Å². The number of aromatic nitrogens is 4. The van der Waals surface area contributed by atoms with E-state index in [1.165, 1.54) is 6.21 Å². The quantitative estimate of drug-likeness (QED) is 0.755. The van der Waals surface area contributed by atoms with E-state index in [-0.39, 0.29) is 0 Å². The number of nitrogens with zero attached hydrogens (tertiary/aromatic N) is 3. The first kappa shape index (κ1) is 11.6. The highest BCUT2D eigenvalue weighted by Crippen LogP contribution is 2.16. The van der Waals surface area contributed by atoms with Crippen molar-refractivity contribution in [3.63, 3.8) is 0 Å². The molecule has 0 aliphatic heterocycles. The molecular weight excluding hydrogens is 284 g/mol. The molecule has 0 aromatic carbocycles. The highest BCUT2D eigenvalue weighted by molar-refractivity contribution is 9.10. The maximum atomic E-state index is 7.14. The zero-order chi connectivity index (χ0) is 12.3. The van der Waals surface area contributed by atoms with Crippen molar-refractivity contribution in [2.45, 2.75) is 0 Å². The second-order valence-corrected chi connectivity index (χ2v) is 4.21. The second kappa shape index (κ2) is 4.96. The van der Waals surface area contributed by atoms with E-state index in [0.717, 1.165) is 10.3 Å². The van der Waals surface area contributed by atoms with Crippen molar-refractivity contribution >= 4 is 33.5 Å². The average Bonchev–Trinajstić information content (AvgIpc) is 2.87. The van der Waals surface area contributed by atoms with Crippen molar-refractivity contribution in [3.05, 3.63) is 35.1 Å². The van der Waals surface area contributed by atoms with Crippen molar-refractivity contribution in [1.82, 2.24) is 19.7 Å². The lowest BCUT2D eigenvalue weighted by Gasteiger charge is -2.05. The normalized spacial score (nSPS) is 11.5. The number of aryl methyl sites for hydroxylation is 1. The van der Waals surface area contributed by atoms with Crippen LogP contribution in [0.3, 0.4) is 0 Å². The summed E-state index contributed by atoms with van der Waals surface area (Å²) in [5.41, 5.74) is 1.55. The van der Waals surface area contributed by atoms with Crippen LogP contribution in [-0.4, -0.2) is 26.0 Å². The first-order valence-corrected chi connectivity index (χ1v) is 5.65. The molecule has 0 radical (unpaired) electrons. The topological polar surface area (TPSA) is 82.4 Å². The molecule has 3 N–H and O–H groups in total. The molecule has 17 heavy (non-hydrogen) atoms. The number of anilines is 1. The Kier molecular flexibility index (Phi) is 3.38. The van der Waals surface area contributed by atoms with E-state index in [1.54, 1.807) is 23.2 Å². The number of imidazole rings is 1. The van der Waals surface area contributed by atoms with Gasteiger partial charge in [0, 0.05) is 19.5 Å². The van der Waals surface area contributed by atoms with Crippen LogP contribution in [0, 0.1) is 5.41 Å². The summed E-state index contributed by atoms with van der Waals surface area (Å²) in [5.74, 6) is 0.657. The summed E-state index contributed by atoms with van der Waals surface area (Å²) in [7, 11) is 1.84. The average molecular weight is 295 g/mol. The maximum absolute atomic E-state index is 7.14. The van der Waals surface area contributed by atoms with Crippen LogP contribution in [0.15, 0.2) is 29.3 Å². The largest absolute Gasteiger partial charge is 0.350 e. The molecule has 0 aliphatic rings. The van der Waals surface area contributed by atoms with Crippen LogP contribution >= 0.6 is 15.9 Å². The molecule has 7 heteroatoms. The van der Waals surface area contributed by atoms with Gasteiger partial charge in [-0.1, -0.05) is 0 Å². The molecule has 2 heterocycles. The number of H-pyrrole nitrogens is 1. The Morgan fingerprint density at radius 2 is 2.41 bits per heavy atom. The Hall–Kier alpha value is -1.89. The van der Waals surface area contributed by atoms with Crippen molar-refractivity contribution < 1.29 is 0 Å². The second-order valence-electron chi connectivity index (χ2n) is 3.35. The molecule has 88 valence electrons. The third kappa shape index (κ3) is 2.82. The van der Waals surface area contributed by atoms with E-state index in [0.29, 0.717) is 11.5 Å². The number of aromatic amines is 1. The van der Waals surface area contributed by atoms with Crippen molar-refractivity contribution in [1.29, 1.82) is 5.41 Å². The smallest absolute Gasteiger partial charge is 0.154 e. The van der Waals surface area contributed by atoms with Crippen LogP contribution in [-0.2, 0) is 7.05 Å². The minimum atomic E-state index is 0.657. The Morgan fingerprint density at radius 1 is 1.59 bits per heavy atom. The zero-order valence-electron chi connectivity index (χ0n) is 9.11. The Labute approximate surface area is 106 Å². The fraction of sp³-hybridized carbons (Fsp3) is 0.100. The standard InChI is InChI=1S/C10H11BrN6/c1-17-6-7(4-14-17)15-8(2-3-12)10-13-5-9(11)16-10/h2-6,12,15H,1H3,(H,13,16)/b8-2+,12-3?. The highest BCUT2D eigenvalue weighted by atomic mass is 79.9. The molecule has 0 aliphatic carbocycles. The molecule has 2 rings (SSSR count). The minimum Gasteiger partial charge on any atom is -0.350 e. The summed E-state index contributed by atoms with van der Waals surface area (Å²) in [6, 6.07) is 0. The SMILES string of the molecule is Cn1cc(N/C(=C/C=N)c2ncc(Br)[nH]2)cn1. The van der Waals surface area contributed by atoms with E-state index in [1.807, 2.05) is 13.2 Å². The Morgan fingerprint density at radius 3 is 2.94 bits per heavy atom. The number of nitrogens with one attached hydrogen (secondary N) is 3. The summed E-state index contributed by atoms with van der Waals surface area (Å²) in [6.07, 6.45) is 8.04. The van der Waals surface area contributed by atoms with Crippen molar-refractivity contribution in [3.8, 4) is 0 Å². The zero-order valence-corrected chi connectivity index (χ0v) is 10.7. The molecule has 0 atom stereocenters. The first-order valence-electron chi connectivity index (χ1n) is 4.86. The summed E-state index contributed by atoms with van der Waals surface area (Å²) in [4.78, 5) is 7.21. The molecule has 0 unspecified atom stereocenters. The highest BCUT2D eigenvalue weighted by Gasteiger charge is 2.06. The van der Waals surface area contributed by atoms with Gasteiger partial charge in [0.25, 0.3) is 0 Å². The molecule has 2 aromatic rings.